The Morgan fingerprint density at radius 3 is 2.26 bits per heavy atom. The summed E-state index contributed by atoms with van der Waals surface area (Å²) in [6.07, 6.45) is 0.00363. The molecular weight excluding hydrogens is 497 g/mol. The van der Waals surface area contributed by atoms with Crippen LogP contribution in [0.2, 0.25) is 0 Å². The van der Waals surface area contributed by atoms with E-state index in [2.05, 4.69) is 4.72 Å². The predicted molar refractivity (Wildman–Crippen MR) is 129 cm³/mol. The number of nitriles is 1. The van der Waals surface area contributed by atoms with Crippen LogP contribution in [0.15, 0.2) is 34.1 Å². The highest BCUT2D eigenvalue weighted by Crippen LogP contribution is 2.32. The first kappa shape index (κ1) is 30.2. The van der Waals surface area contributed by atoms with E-state index in [0.717, 1.165) is 11.6 Å². The second-order valence-electron chi connectivity index (χ2n) is 8.04. The number of nitrogens with one attached hydrogen (secondary N) is 1. The number of methoxy groups -OCH3 is 1. The van der Waals surface area contributed by atoms with E-state index >= 15 is 0 Å². The minimum atomic E-state index is -3.60. The number of hydrogen-bond acceptors (Lipinski definition) is 7. The number of halogens is 1. The zero-order chi connectivity index (χ0) is 27.1. The number of sulfonamides is 1. The molecule has 3 N–H and O–H groups in total. The number of carbonyl (C=O) groups excluding carboxylic acids is 1. The summed E-state index contributed by atoms with van der Waals surface area (Å²) in [6.45, 7) is 7.58. The number of ether oxygens (including phenoxy) is 1. The standard InChI is InChI=1S/C15H19FN2O.C8H11NO5S2/c1-8(2)11-5-10(7-17)15(16)14(9(3)4)12(11)6-13(18)19;1-9-16(12,13)6-3-4-8(15(10)11)7(5-6)14-2/h5,8-9H,6H2,1-4H3,(H2,18,19);3-5,9H,1-2H3,(H,10,11)/p-1. The third kappa shape index (κ3) is 7.57. The minimum Gasteiger partial charge on any atom is -0.768 e. The van der Waals surface area contributed by atoms with E-state index in [9.17, 15) is 26.4 Å². The highest BCUT2D eigenvalue weighted by molar-refractivity contribution is 7.89. The number of amides is 1. The first-order valence-electron chi connectivity index (χ1n) is 10.5. The molecular formula is C23H29FN3O6S2-. The molecule has 192 valence electrons. The van der Waals surface area contributed by atoms with Crippen molar-refractivity contribution in [1.29, 1.82) is 5.26 Å². The van der Waals surface area contributed by atoms with E-state index < -0.39 is 32.8 Å². The molecule has 0 heterocycles. The molecule has 0 radical (unpaired) electrons. The van der Waals surface area contributed by atoms with Crippen molar-refractivity contribution in [2.75, 3.05) is 14.2 Å². The van der Waals surface area contributed by atoms with E-state index in [1.807, 2.05) is 33.8 Å². The van der Waals surface area contributed by atoms with Crippen LogP contribution >= 0.6 is 0 Å². The van der Waals surface area contributed by atoms with Crippen molar-refractivity contribution in [3.8, 4) is 11.8 Å². The van der Waals surface area contributed by atoms with E-state index in [0.29, 0.717) is 11.1 Å². The first-order valence-corrected chi connectivity index (χ1v) is 13.0. The second kappa shape index (κ2) is 12.7. The highest BCUT2D eigenvalue weighted by atomic mass is 32.2. The molecule has 0 aliphatic carbocycles. The number of nitrogens with two attached hydrogens (primary N) is 1. The van der Waals surface area contributed by atoms with Crippen molar-refractivity contribution in [3.05, 3.63) is 52.3 Å². The fraction of sp³-hybridized carbons (Fsp3) is 0.391. The van der Waals surface area contributed by atoms with Gasteiger partial charge in [-0.15, -0.1) is 0 Å². The van der Waals surface area contributed by atoms with Crippen molar-refractivity contribution in [1.82, 2.24) is 4.72 Å². The molecule has 35 heavy (non-hydrogen) atoms. The van der Waals surface area contributed by atoms with Gasteiger partial charge in [-0.25, -0.2) is 17.5 Å². The van der Waals surface area contributed by atoms with Crippen LogP contribution in [0.25, 0.3) is 0 Å². The second-order valence-corrected chi connectivity index (χ2v) is 10.8. The van der Waals surface area contributed by atoms with Crippen molar-refractivity contribution in [2.24, 2.45) is 5.73 Å². The quantitative estimate of drug-likeness (QED) is 0.500. The third-order valence-electron chi connectivity index (χ3n) is 5.01. The number of rotatable bonds is 8. The van der Waals surface area contributed by atoms with Crippen LogP contribution in [0.5, 0.6) is 5.75 Å². The highest BCUT2D eigenvalue weighted by Gasteiger charge is 2.22. The molecule has 0 spiro atoms. The van der Waals surface area contributed by atoms with Crippen molar-refractivity contribution >= 4 is 27.0 Å². The molecule has 9 nitrogen and oxygen atoms in total. The maximum absolute atomic E-state index is 14.3. The summed E-state index contributed by atoms with van der Waals surface area (Å²) in [6, 6.07) is 6.92. The van der Waals surface area contributed by atoms with Crippen LogP contribution in [0, 0.1) is 17.1 Å². The molecule has 1 amide bonds. The zero-order valence-electron chi connectivity index (χ0n) is 20.3. The van der Waals surface area contributed by atoms with Crippen LogP contribution in [0.3, 0.4) is 0 Å². The van der Waals surface area contributed by atoms with Crippen LogP contribution in [0.4, 0.5) is 4.39 Å². The Hall–Kier alpha value is -2.85. The summed E-state index contributed by atoms with van der Waals surface area (Å²) in [7, 11) is -1.07. The topological polar surface area (TPSA) is 162 Å². The lowest BCUT2D eigenvalue weighted by Crippen LogP contribution is -2.18. The van der Waals surface area contributed by atoms with E-state index in [-0.39, 0.29) is 39.4 Å². The SMILES string of the molecule is CC(C)c1cc(C#N)c(F)c(C(C)C)c1CC(N)=O.CNS(=O)(=O)c1ccc(S(=O)[O-])c(OC)c1. The van der Waals surface area contributed by atoms with Crippen LogP contribution < -0.4 is 15.2 Å². The third-order valence-corrected chi connectivity index (χ3v) is 7.12. The van der Waals surface area contributed by atoms with Gasteiger partial charge in [0.05, 0.1) is 28.9 Å². The van der Waals surface area contributed by atoms with Gasteiger partial charge in [-0.05, 0) is 64.9 Å². The molecule has 1 unspecified atom stereocenters. The number of primary amides is 1. The molecule has 1 atom stereocenters. The van der Waals surface area contributed by atoms with Crippen LogP contribution in [-0.4, -0.2) is 37.2 Å². The molecule has 0 fully saturated rings. The zero-order valence-corrected chi connectivity index (χ0v) is 22.0. The summed E-state index contributed by atoms with van der Waals surface area (Å²) in [5, 5.41) is 9.02. The first-order chi connectivity index (χ1) is 16.2. The van der Waals surface area contributed by atoms with Gasteiger partial charge in [-0.1, -0.05) is 27.7 Å². The lowest BCUT2D eigenvalue weighted by atomic mass is 9.85. The maximum atomic E-state index is 14.3. The van der Waals surface area contributed by atoms with Gasteiger partial charge in [0.1, 0.15) is 17.6 Å². The Morgan fingerprint density at radius 1 is 1.26 bits per heavy atom. The van der Waals surface area contributed by atoms with Gasteiger partial charge < -0.3 is 15.0 Å². The van der Waals surface area contributed by atoms with Gasteiger partial charge in [-0.3, -0.25) is 9.00 Å². The average molecular weight is 527 g/mol. The fourth-order valence-corrected chi connectivity index (χ4v) is 4.61. The van der Waals surface area contributed by atoms with E-state index in [4.69, 9.17) is 15.7 Å². The smallest absolute Gasteiger partial charge is 0.240 e. The van der Waals surface area contributed by atoms with Crippen molar-refractivity contribution < 1.29 is 31.1 Å². The summed E-state index contributed by atoms with van der Waals surface area (Å²) in [5.41, 5.74) is 7.17. The Morgan fingerprint density at radius 2 is 1.86 bits per heavy atom. The predicted octanol–water partition coefficient (Wildman–Crippen LogP) is 2.81. The van der Waals surface area contributed by atoms with Gasteiger partial charge in [0.2, 0.25) is 15.9 Å². The lowest BCUT2D eigenvalue weighted by molar-refractivity contribution is -0.117. The minimum absolute atomic E-state index is 0.00363. The van der Waals surface area contributed by atoms with Gasteiger partial charge in [0.25, 0.3) is 0 Å². The van der Waals surface area contributed by atoms with Crippen LogP contribution in [0.1, 0.15) is 61.8 Å². The Balaban J connectivity index is 0.000000355. The molecule has 2 rings (SSSR count). The summed E-state index contributed by atoms with van der Waals surface area (Å²) in [5.74, 6) is -1.05. The molecule has 2 aromatic carbocycles. The fourth-order valence-electron chi connectivity index (χ4n) is 3.38. The molecule has 0 aliphatic heterocycles. The Labute approximate surface area is 207 Å². The van der Waals surface area contributed by atoms with E-state index in [1.165, 1.54) is 32.4 Å². The van der Waals surface area contributed by atoms with Crippen molar-refractivity contribution in [2.45, 2.75) is 55.7 Å². The molecule has 2 aromatic rings. The number of benzene rings is 2. The average Bonchev–Trinajstić information content (AvgIpc) is 2.78. The molecule has 0 bridgehead atoms. The van der Waals surface area contributed by atoms with Crippen molar-refractivity contribution in [3.63, 3.8) is 0 Å². The monoisotopic (exact) mass is 526 g/mol. The van der Waals surface area contributed by atoms with Gasteiger partial charge in [0, 0.05) is 6.07 Å². The van der Waals surface area contributed by atoms with Gasteiger partial charge in [-0.2, -0.15) is 5.26 Å². The summed E-state index contributed by atoms with van der Waals surface area (Å²) < 4.78 is 65.6. The largest absolute Gasteiger partial charge is 0.768 e. The molecule has 0 saturated carbocycles. The lowest BCUT2D eigenvalue weighted by Gasteiger charge is -2.20. The Kier molecular flexibility index (Phi) is 11.0. The summed E-state index contributed by atoms with van der Waals surface area (Å²) in [4.78, 5) is 11.1. The van der Waals surface area contributed by atoms with Gasteiger partial charge >= 0.3 is 0 Å². The number of hydrogen-bond donors (Lipinski definition) is 2. The normalized spacial score (nSPS) is 12.0. The molecule has 12 heteroatoms. The molecule has 0 aliphatic rings. The molecule has 0 aromatic heterocycles. The maximum Gasteiger partial charge on any atom is 0.240 e. The number of nitrogens with zero attached hydrogens (tertiary/aromatic N) is 1. The Bertz CT molecular complexity index is 1250. The summed E-state index contributed by atoms with van der Waals surface area (Å²) >= 11 is -2.47. The van der Waals surface area contributed by atoms with Gasteiger partial charge in [0.15, 0.2) is 0 Å². The van der Waals surface area contributed by atoms with E-state index in [1.54, 1.807) is 0 Å². The molecule has 0 saturated heterocycles. The van der Waals surface area contributed by atoms with Crippen LogP contribution in [-0.2, 0) is 32.3 Å². The number of carbonyl (C=O) groups is 1.